The second-order valence-corrected chi connectivity index (χ2v) is 4.11. The molecule has 11 heteroatoms. The summed E-state index contributed by atoms with van der Waals surface area (Å²) in [7, 11) is 0. The van der Waals surface area contributed by atoms with E-state index in [0.717, 1.165) is 16.8 Å². The lowest BCUT2D eigenvalue weighted by Gasteiger charge is -2.22. The summed E-state index contributed by atoms with van der Waals surface area (Å²) in [6.45, 7) is -1.02. The van der Waals surface area contributed by atoms with Gasteiger partial charge in [0.15, 0.2) is 12.4 Å². The first-order valence-electron chi connectivity index (χ1n) is 5.44. The van der Waals surface area contributed by atoms with E-state index < -0.39 is 42.1 Å². The topological polar surface area (TPSA) is 153 Å². The zero-order chi connectivity index (χ0) is 14.9. The Kier molecular flexibility index (Phi) is 3.59. The third-order valence-electron chi connectivity index (χ3n) is 2.91. The fourth-order valence-electron chi connectivity index (χ4n) is 1.91. The van der Waals surface area contributed by atoms with Gasteiger partial charge in [-0.1, -0.05) is 5.11 Å². The minimum atomic E-state index is -2.32. The minimum Gasteiger partial charge on any atom is -0.393 e. The van der Waals surface area contributed by atoms with Crippen LogP contribution in [0, 0.1) is 0 Å². The fourth-order valence-corrected chi connectivity index (χ4v) is 1.91. The van der Waals surface area contributed by atoms with Crippen LogP contribution in [-0.4, -0.2) is 44.4 Å². The van der Waals surface area contributed by atoms with Crippen molar-refractivity contribution in [1.82, 2.24) is 9.55 Å². The van der Waals surface area contributed by atoms with Crippen LogP contribution in [0.2, 0.25) is 0 Å². The molecule has 4 atom stereocenters. The zero-order valence-corrected chi connectivity index (χ0v) is 9.88. The molecule has 10 nitrogen and oxygen atoms in total. The van der Waals surface area contributed by atoms with E-state index in [2.05, 4.69) is 10.0 Å². The third kappa shape index (κ3) is 2.08. The number of halogens is 1. The van der Waals surface area contributed by atoms with Crippen LogP contribution in [0.4, 0.5) is 4.39 Å². The Labute approximate surface area is 109 Å². The molecule has 0 saturated carbocycles. The Morgan fingerprint density at radius 3 is 2.90 bits per heavy atom. The molecule has 0 unspecified atom stereocenters. The van der Waals surface area contributed by atoms with Gasteiger partial charge in [-0.05, 0) is 5.53 Å². The maximum atomic E-state index is 14.0. The van der Waals surface area contributed by atoms with Crippen molar-refractivity contribution >= 4 is 0 Å². The monoisotopic (exact) mass is 287 g/mol. The molecule has 1 aromatic rings. The van der Waals surface area contributed by atoms with E-state index in [1.807, 2.05) is 4.98 Å². The predicted molar refractivity (Wildman–Crippen MR) is 61.3 cm³/mol. The minimum absolute atomic E-state index is 0.681. The molecule has 0 amide bonds. The molecule has 2 heterocycles. The van der Waals surface area contributed by atoms with Gasteiger partial charge < -0.3 is 14.9 Å². The van der Waals surface area contributed by atoms with E-state index in [1.165, 1.54) is 0 Å². The van der Waals surface area contributed by atoms with Gasteiger partial charge in [0, 0.05) is 17.2 Å². The summed E-state index contributed by atoms with van der Waals surface area (Å²) in [6.07, 6.45) is -4.67. The average Bonchev–Trinajstić information content (AvgIpc) is 2.65. The van der Waals surface area contributed by atoms with Gasteiger partial charge in [-0.3, -0.25) is 14.3 Å². The van der Waals surface area contributed by atoms with Crippen molar-refractivity contribution in [3.63, 3.8) is 0 Å². The molecular formula is C9H10FN5O5. The highest BCUT2D eigenvalue weighted by atomic mass is 19.1. The molecule has 0 bridgehead atoms. The number of ether oxygens (including phenoxy) is 1. The number of nitrogens with zero attached hydrogens (tertiary/aromatic N) is 4. The van der Waals surface area contributed by atoms with E-state index in [1.54, 1.807) is 0 Å². The molecule has 0 radical (unpaired) electrons. The van der Waals surface area contributed by atoms with Crippen LogP contribution < -0.4 is 11.2 Å². The largest absolute Gasteiger partial charge is 0.393 e. The molecule has 0 spiro atoms. The molecule has 3 N–H and O–H groups in total. The second-order valence-electron chi connectivity index (χ2n) is 4.11. The van der Waals surface area contributed by atoms with Crippen LogP contribution in [-0.2, 0) is 4.74 Å². The first kappa shape index (κ1) is 14.2. The number of aromatic nitrogens is 2. The summed E-state index contributed by atoms with van der Waals surface area (Å²) in [5.41, 5.74) is 4.43. The molecule has 2 rings (SSSR count). The number of aliphatic hydroxyl groups is 2. The van der Waals surface area contributed by atoms with E-state index in [0.29, 0.717) is 0 Å². The molecule has 1 aromatic heterocycles. The normalized spacial score (nSPS) is 32.9. The first-order valence-corrected chi connectivity index (χ1v) is 5.44. The van der Waals surface area contributed by atoms with Crippen molar-refractivity contribution in [2.24, 2.45) is 5.11 Å². The highest BCUT2D eigenvalue weighted by Gasteiger charge is 2.56. The van der Waals surface area contributed by atoms with Gasteiger partial charge >= 0.3 is 5.69 Å². The first-order chi connectivity index (χ1) is 9.45. The second kappa shape index (κ2) is 5.06. The fraction of sp³-hybridized carbons (Fsp3) is 0.556. The summed E-state index contributed by atoms with van der Waals surface area (Å²) in [6, 6.07) is 0.969. The van der Waals surface area contributed by atoms with E-state index in [4.69, 9.17) is 15.4 Å². The summed E-state index contributed by atoms with van der Waals surface area (Å²) in [4.78, 5) is 26.8. The van der Waals surface area contributed by atoms with Crippen LogP contribution in [0.25, 0.3) is 10.4 Å². The molecule has 1 saturated heterocycles. The van der Waals surface area contributed by atoms with Crippen molar-refractivity contribution in [1.29, 1.82) is 0 Å². The molecule has 1 aliphatic heterocycles. The van der Waals surface area contributed by atoms with Crippen molar-refractivity contribution < 1.29 is 19.3 Å². The van der Waals surface area contributed by atoms with E-state index >= 15 is 0 Å². The van der Waals surface area contributed by atoms with Gasteiger partial charge in [0.05, 0.1) is 6.61 Å². The quantitative estimate of drug-likeness (QED) is 0.360. The van der Waals surface area contributed by atoms with Crippen LogP contribution in [0.5, 0.6) is 0 Å². The van der Waals surface area contributed by atoms with Gasteiger partial charge in [-0.2, -0.15) is 0 Å². The molecule has 0 aromatic carbocycles. The van der Waals surface area contributed by atoms with Crippen molar-refractivity contribution in [3.05, 3.63) is 43.5 Å². The lowest BCUT2D eigenvalue weighted by Crippen LogP contribution is -2.41. The summed E-state index contributed by atoms with van der Waals surface area (Å²) in [5.74, 6) is 0. The van der Waals surface area contributed by atoms with Gasteiger partial charge in [-0.25, -0.2) is 9.18 Å². The Morgan fingerprint density at radius 2 is 2.35 bits per heavy atom. The maximum absolute atomic E-state index is 14.0. The van der Waals surface area contributed by atoms with Gasteiger partial charge in [-0.15, -0.1) is 0 Å². The Bertz CT molecular complexity index is 667. The molecule has 20 heavy (non-hydrogen) atoms. The number of aliphatic hydroxyl groups excluding tert-OH is 2. The standard InChI is InChI=1S/C9H10FN5O5/c10-6-5(18)7(20-9(6,3-16)13-14-11)15-2-1-4(17)12-8(15)19/h1-2,5-7,16,18H,3H2,(H,12,17,19)/t5-,6-,7+,9+/m0/s1. The number of H-pyrrole nitrogens is 1. The molecule has 0 aliphatic carbocycles. The smallest absolute Gasteiger partial charge is 0.330 e. The zero-order valence-electron chi connectivity index (χ0n) is 9.88. The Balaban J connectivity index is 2.47. The SMILES string of the molecule is [N-]=[N+]=N[C@]1(CO)O[C@@H](n2ccc(=O)[nH]c2=O)[C@@H](O)[C@@H]1F. The van der Waals surface area contributed by atoms with Crippen LogP contribution >= 0.6 is 0 Å². The molecule has 108 valence electrons. The Hall–Kier alpha value is -2.20. The van der Waals surface area contributed by atoms with Gasteiger partial charge in [0.1, 0.15) is 6.10 Å². The van der Waals surface area contributed by atoms with Crippen molar-refractivity contribution in [2.75, 3.05) is 6.61 Å². The number of hydrogen-bond acceptors (Lipinski definition) is 6. The van der Waals surface area contributed by atoms with Gasteiger partial charge in [0.25, 0.3) is 5.56 Å². The third-order valence-corrected chi connectivity index (χ3v) is 2.91. The molecule has 1 fully saturated rings. The lowest BCUT2D eigenvalue weighted by molar-refractivity contribution is -0.116. The number of alkyl halides is 1. The number of nitrogens with one attached hydrogen (secondary N) is 1. The highest BCUT2D eigenvalue weighted by Crippen LogP contribution is 2.39. The average molecular weight is 287 g/mol. The highest BCUT2D eigenvalue weighted by molar-refractivity contribution is 5.01. The number of hydrogen-bond donors (Lipinski definition) is 3. The van der Waals surface area contributed by atoms with E-state index in [9.17, 15) is 19.1 Å². The summed E-state index contributed by atoms with van der Waals surface area (Å²) < 4.78 is 19.7. The van der Waals surface area contributed by atoms with Crippen LogP contribution in [0.3, 0.4) is 0 Å². The van der Waals surface area contributed by atoms with E-state index in [-0.39, 0.29) is 0 Å². The summed E-state index contributed by atoms with van der Waals surface area (Å²) in [5, 5.41) is 21.9. The van der Waals surface area contributed by atoms with Crippen LogP contribution in [0.1, 0.15) is 6.23 Å². The number of rotatable bonds is 3. The summed E-state index contributed by atoms with van der Waals surface area (Å²) >= 11 is 0. The lowest BCUT2D eigenvalue weighted by atomic mass is 10.1. The molecule has 1 aliphatic rings. The van der Waals surface area contributed by atoms with Crippen molar-refractivity contribution in [2.45, 2.75) is 24.2 Å². The molecular weight excluding hydrogens is 277 g/mol. The predicted octanol–water partition coefficient (Wildman–Crippen LogP) is -1.24. The Morgan fingerprint density at radius 1 is 1.65 bits per heavy atom. The van der Waals surface area contributed by atoms with Crippen molar-refractivity contribution in [3.8, 4) is 0 Å². The van der Waals surface area contributed by atoms with Crippen LogP contribution in [0.15, 0.2) is 27.0 Å². The maximum Gasteiger partial charge on any atom is 0.330 e. The van der Waals surface area contributed by atoms with Gasteiger partial charge in [0.2, 0.25) is 5.72 Å². The number of aromatic amines is 1. The number of azide groups is 1.